The first-order chi connectivity index (χ1) is 16.6. The minimum Gasteiger partial charge on any atom is -0.444 e. The Morgan fingerprint density at radius 3 is 2.37 bits per heavy atom. The number of amides is 2. The summed E-state index contributed by atoms with van der Waals surface area (Å²) in [5.41, 5.74) is -0.470. The van der Waals surface area contributed by atoms with E-state index in [1.165, 1.54) is 0 Å². The van der Waals surface area contributed by atoms with Crippen LogP contribution in [0, 0.1) is 5.92 Å². The lowest BCUT2D eigenvalue weighted by atomic mass is 9.65. The van der Waals surface area contributed by atoms with Crippen LogP contribution < -0.4 is 0 Å². The van der Waals surface area contributed by atoms with Crippen LogP contribution in [0.15, 0.2) is 42.5 Å². The van der Waals surface area contributed by atoms with E-state index in [1.807, 2.05) is 32.9 Å². The number of aliphatic hydroxyl groups is 1. The standard InChI is InChI=1S/C29H40N2O4/c1-5-21-13-14-29(34,25(19-21)24-12-8-10-22-9-6-7-11-23(22)24)20-26(32)30-15-17-31(18-16-30)27(33)35-28(2,3)4/h6-12,21,25,34H,5,13-20H2,1-4H3. The molecule has 1 N–H and O–H groups in total. The molecule has 0 bridgehead atoms. The first kappa shape index (κ1) is 25.5. The number of benzene rings is 2. The summed E-state index contributed by atoms with van der Waals surface area (Å²) in [4.78, 5) is 29.2. The third kappa shape index (κ3) is 5.80. The second-order valence-corrected chi connectivity index (χ2v) is 11.3. The largest absolute Gasteiger partial charge is 0.444 e. The Morgan fingerprint density at radius 2 is 1.69 bits per heavy atom. The third-order valence-electron chi connectivity index (χ3n) is 7.72. The van der Waals surface area contributed by atoms with E-state index in [0.29, 0.717) is 38.5 Å². The Hall–Kier alpha value is -2.60. The van der Waals surface area contributed by atoms with Crippen LogP contribution in [0.3, 0.4) is 0 Å². The van der Waals surface area contributed by atoms with Crippen molar-refractivity contribution >= 4 is 22.8 Å². The monoisotopic (exact) mass is 480 g/mol. The van der Waals surface area contributed by atoms with Gasteiger partial charge in [-0.15, -0.1) is 0 Å². The van der Waals surface area contributed by atoms with Crippen molar-refractivity contribution in [2.75, 3.05) is 26.2 Å². The molecule has 2 amide bonds. The molecule has 4 rings (SSSR count). The summed E-state index contributed by atoms with van der Waals surface area (Å²) < 4.78 is 5.47. The number of hydrogen-bond acceptors (Lipinski definition) is 4. The fourth-order valence-electron chi connectivity index (χ4n) is 5.69. The minimum atomic E-state index is -1.07. The zero-order chi connectivity index (χ0) is 25.2. The summed E-state index contributed by atoms with van der Waals surface area (Å²) in [7, 11) is 0. The highest BCUT2D eigenvalue weighted by Crippen LogP contribution is 2.48. The molecule has 0 spiro atoms. The van der Waals surface area contributed by atoms with Gasteiger partial charge in [-0.25, -0.2) is 4.79 Å². The van der Waals surface area contributed by atoms with E-state index < -0.39 is 11.2 Å². The van der Waals surface area contributed by atoms with Gasteiger partial charge in [0.1, 0.15) is 5.60 Å². The molecule has 1 aliphatic heterocycles. The van der Waals surface area contributed by atoms with Gasteiger partial charge >= 0.3 is 6.09 Å². The van der Waals surface area contributed by atoms with Gasteiger partial charge in [-0.05, 0) is 62.3 Å². The third-order valence-corrected chi connectivity index (χ3v) is 7.72. The zero-order valence-corrected chi connectivity index (χ0v) is 21.6. The van der Waals surface area contributed by atoms with Gasteiger partial charge in [0.15, 0.2) is 0 Å². The lowest BCUT2D eigenvalue weighted by Crippen LogP contribution is -2.53. The quantitative estimate of drug-likeness (QED) is 0.642. The fourth-order valence-corrected chi connectivity index (χ4v) is 5.69. The van der Waals surface area contributed by atoms with Crippen molar-refractivity contribution in [3.05, 3.63) is 48.0 Å². The summed E-state index contributed by atoms with van der Waals surface area (Å²) in [5, 5.41) is 14.3. The van der Waals surface area contributed by atoms with E-state index in [-0.39, 0.29) is 24.3 Å². The molecule has 1 aliphatic carbocycles. The number of piperazine rings is 1. The number of carbonyl (C=O) groups excluding carboxylic acids is 2. The Bertz CT molecular complexity index is 1050. The van der Waals surface area contributed by atoms with Crippen molar-refractivity contribution in [1.82, 2.24) is 9.80 Å². The molecule has 190 valence electrons. The van der Waals surface area contributed by atoms with Gasteiger partial charge in [0.25, 0.3) is 0 Å². The summed E-state index contributed by atoms with van der Waals surface area (Å²) in [5.74, 6) is 0.433. The van der Waals surface area contributed by atoms with Crippen LogP contribution in [-0.4, -0.2) is 64.3 Å². The molecule has 6 nitrogen and oxygen atoms in total. The SMILES string of the molecule is CCC1CCC(O)(CC(=O)N2CCN(C(=O)OC(C)(C)C)CC2)C(c2cccc3ccccc23)C1. The molecule has 1 saturated heterocycles. The normalized spacial score (nSPS) is 25.5. The maximum atomic E-state index is 13.4. The maximum absolute atomic E-state index is 13.4. The van der Waals surface area contributed by atoms with Crippen LogP contribution in [-0.2, 0) is 9.53 Å². The molecule has 0 aromatic heterocycles. The maximum Gasteiger partial charge on any atom is 0.410 e. The average molecular weight is 481 g/mol. The number of hydrogen-bond donors (Lipinski definition) is 1. The van der Waals surface area contributed by atoms with Gasteiger partial charge in [0, 0.05) is 32.1 Å². The molecule has 6 heteroatoms. The van der Waals surface area contributed by atoms with E-state index in [0.717, 1.165) is 35.6 Å². The van der Waals surface area contributed by atoms with Crippen LogP contribution in [0.1, 0.15) is 71.3 Å². The van der Waals surface area contributed by atoms with Crippen molar-refractivity contribution in [2.24, 2.45) is 5.92 Å². The van der Waals surface area contributed by atoms with Crippen LogP contribution in [0.25, 0.3) is 10.8 Å². The summed E-state index contributed by atoms with van der Waals surface area (Å²) in [6.45, 7) is 9.59. The van der Waals surface area contributed by atoms with Crippen LogP contribution in [0.2, 0.25) is 0 Å². The van der Waals surface area contributed by atoms with Crippen molar-refractivity contribution < 1.29 is 19.4 Å². The van der Waals surface area contributed by atoms with Crippen molar-refractivity contribution in [3.63, 3.8) is 0 Å². The zero-order valence-electron chi connectivity index (χ0n) is 21.6. The van der Waals surface area contributed by atoms with Gasteiger partial charge in [-0.2, -0.15) is 0 Å². The molecule has 3 atom stereocenters. The smallest absolute Gasteiger partial charge is 0.410 e. The van der Waals surface area contributed by atoms with Gasteiger partial charge in [-0.3, -0.25) is 4.79 Å². The van der Waals surface area contributed by atoms with E-state index in [2.05, 4.69) is 37.3 Å². The molecule has 2 aromatic carbocycles. The first-order valence-electron chi connectivity index (χ1n) is 13.1. The molecular weight excluding hydrogens is 440 g/mol. The first-order valence-corrected chi connectivity index (χ1v) is 13.1. The Labute approximate surface area is 209 Å². The van der Waals surface area contributed by atoms with E-state index in [1.54, 1.807) is 9.80 Å². The van der Waals surface area contributed by atoms with E-state index >= 15 is 0 Å². The van der Waals surface area contributed by atoms with Gasteiger partial charge < -0.3 is 19.6 Å². The Balaban J connectivity index is 1.49. The highest BCUT2D eigenvalue weighted by atomic mass is 16.6. The second kappa shape index (κ2) is 10.2. The molecule has 2 aliphatic rings. The van der Waals surface area contributed by atoms with Gasteiger partial charge in [0.05, 0.1) is 12.0 Å². The molecule has 2 aromatic rings. The van der Waals surface area contributed by atoms with Crippen molar-refractivity contribution in [2.45, 2.75) is 76.9 Å². The second-order valence-electron chi connectivity index (χ2n) is 11.3. The van der Waals surface area contributed by atoms with Gasteiger partial charge in [0.2, 0.25) is 5.91 Å². The lowest BCUT2D eigenvalue weighted by Gasteiger charge is -2.44. The van der Waals surface area contributed by atoms with Crippen molar-refractivity contribution in [3.8, 4) is 0 Å². The molecule has 2 fully saturated rings. The summed E-state index contributed by atoms with van der Waals surface area (Å²) >= 11 is 0. The van der Waals surface area contributed by atoms with Gasteiger partial charge in [-0.1, -0.05) is 55.8 Å². The van der Waals surface area contributed by atoms with E-state index in [9.17, 15) is 14.7 Å². The minimum absolute atomic E-state index is 0.0310. The van der Waals surface area contributed by atoms with E-state index in [4.69, 9.17) is 4.74 Å². The average Bonchev–Trinajstić information content (AvgIpc) is 2.83. The predicted molar refractivity (Wildman–Crippen MR) is 138 cm³/mol. The molecule has 3 unspecified atom stereocenters. The Kier molecular flexibility index (Phi) is 7.41. The highest BCUT2D eigenvalue weighted by molar-refractivity contribution is 5.86. The molecule has 1 saturated carbocycles. The molecule has 0 radical (unpaired) electrons. The highest BCUT2D eigenvalue weighted by Gasteiger charge is 2.45. The number of ether oxygens (including phenoxy) is 1. The molecule has 1 heterocycles. The number of rotatable bonds is 4. The molecular formula is C29H40N2O4. The fraction of sp³-hybridized carbons (Fsp3) is 0.586. The predicted octanol–water partition coefficient (Wildman–Crippen LogP) is 5.33. The Morgan fingerprint density at radius 1 is 1.03 bits per heavy atom. The number of fused-ring (bicyclic) bond motifs is 1. The molecule has 35 heavy (non-hydrogen) atoms. The van der Waals surface area contributed by atoms with Crippen molar-refractivity contribution in [1.29, 1.82) is 0 Å². The van der Waals surface area contributed by atoms with Crippen LogP contribution in [0.4, 0.5) is 4.79 Å². The summed E-state index contributed by atoms with van der Waals surface area (Å²) in [6, 6.07) is 14.6. The topological polar surface area (TPSA) is 70.1 Å². The number of carbonyl (C=O) groups is 2. The lowest BCUT2D eigenvalue weighted by molar-refractivity contribution is -0.141. The summed E-state index contributed by atoms with van der Waals surface area (Å²) in [6.07, 6.45) is 3.32. The number of nitrogens with zero attached hydrogens (tertiary/aromatic N) is 2. The van der Waals surface area contributed by atoms with Crippen LogP contribution >= 0.6 is 0 Å². The van der Waals surface area contributed by atoms with Crippen LogP contribution in [0.5, 0.6) is 0 Å².